The summed E-state index contributed by atoms with van der Waals surface area (Å²) in [5.74, 6) is 1.31. The van der Waals surface area contributed by atoms with Crippen LogP contribution in [-0.4, -0.2) is 18.1 Å². The number of rotatable bonds is 7. The lowest BCUT2D eigenvalue weighted by Gasteiger charge is -2.21. The Bertz CT molecular complexity index is 471. The van der Waals surface area contributed by atoms with Gasteiger partial charge < -0.3 is 10.1 Å². The maximum Gasteiger partial charge on any atom is 0.296 e. The van der Waals surface area contributed by atoms with E-state index in [0.29, 0.717) is 18.0 Å². The second-order valence-electron chi connectivity index (χ2n) is 5.59. The van der Waals surface area contributed by atoms with Crippen molar-refractivity contribution in [3.63, 3.8) is 0 Å². The van der Waals surface area contributed by atoms with Crippen molar-refractivity contribution < 1.29 is 9.66 Å². The van der Waals surface area contributed by atoms with Gasteiger partial charge in [-0.05, 0) is 31.4 Å². The lowest BCUT2D eigenvalue weighted by atomic mass is 9.87. The first-order chi connectivity index (χ1) is 10.2. The van der Waals surface area contributed by atoms with Crippen LogP contribution in [0.25, 0.3) is 0 Å². The zero-order valence-corrected chi connectivity index (χ0v) is 12.6. The molecular formula is C16H24N2O3. The van der Waals surface area contributed by atoms with Crippen molar-refractivity contribution in [2.24, 2.45) is 5.92 Å². The Kier molecular flexibility index (Phi) is 5.84. The summed E-state index contributed by atoms with van der Waals surface area (Å²) in [5.41, 5.74) is 0.670. The molecule has 1 N–H and O–H groups in total. The average Bonchev–Trinajstić information content (AvgIpc) is 2.49. The third-order valence-electron chi connectivity index (χ3n) is 4.07. The molecule has 5 nitrogen and oxygen atoms in total. The van der Waals surface area contributed by atoms with Crippen molar-refractivity contribution in [1.82, 2.24) is 0 Å². The zero-order valence-electron chi connectivity index (χ0n) is 12.6. The van der Waals surface area contributed by atoms with Crippen molar-refractivity contribution in [3.05, 3.63) is 28.3 Å². The van der Waals surface area contributed by atoms with Gasteiger partial charge in [0.05, 0.1) is 17.6 Å². The minimum absolute atomic E-state index is 0.0876. The number of nitrogens with one attached hydrogen (secondary N) is 1. The number of nitrogens with zero attached hydrogens (tertiary/aromatic N) is 1. The first-order valence-corrected chi connectivity index (χ1v) is 7.85. The van der Waals surface area contributed by atoms with Crippen molar-refractivity contribution in [2.75, 3.05) is 18.5 Å². The van der Waals surface area contributed by atoms with Crippen LogP contribution in [-0.2, 0) is 0 Å². The predicted molar refractivity (Wildman–Crippen MR) is 83.9 cm³/mol. The van der Waals surface area contributed by atoms with Gasteiger partial charge in [0.15, 0.2) is 0 Å². The van der Waals surface area contributed by atoms with Crippen molar-refractivity contribution >= 4 is 11.4 Å². The van der Waals surface area contributed by atoms with E-state index in [2.05, 4.69) is 5.32 Å². The first kappa shape index (κ1) is 15.6. The molecule has 1 aliphatic carbocycles. The topological polar surface area (TPSA) is 64.4 Å². The van der Waals surface area contributed by atoms with E-state index in [1.807, 2.05) is 6.92 Å². The highest BCUT2D eigenvalue weighted by Crippen LogP contribution is 2.30. The molecule has 1 fully saturated rings. The Morgan fingerprint density at radius 3 is 2.76 bits per heavy atom. The second-order valence-corrected chi connectivity index (χ2v) is 5.59. The summed E-state index contributed by atoms with van der Waals surface area (Å²) in [4.78, 5) is 10.8. The van der Waals surface area contributed by atoms with Gasteiger partial charge >= 0.3 is 0 Å². The minimum Gasteiger partial charge on any atom is -0.494 e. The second kappa shape index (κ2) is 7.86. The molecule has 2 rings (SSSR count). The lowest BCUT2D eigenvalue weighted by molar-refractivity contribution is -0.384. The number of ether oxygens (including phenoxy) is 1. The first-order valence-electron chi connectivity index (χ1n) is 7.85. The summed E-state index contributed by atoms with van der Waals surface area (Å²) in [6.45, 7) is 3.16. The van der Waals surface area contributed by atoms with E-state index in [1.54, 1.807) is 12.1 Å². The third kappa shape index (κ3) is 4.62. The number of anilines is 1. The smallest absolute Gasteiger partial charge is 0.296 e. The van der Waals surface area contributed by atoms with Crippen LogP contribution < -0.4 is 10.1 Å². The molecule has 0 aliphatic heterocycles. The van der Waals surface area contributed by atoms with E-state index in [0.717, 1.165) is 18.9 Å². The van der Waals surface area contributed by atoms with Gasteiger partial charge in [-0.25, -0.2) is 0 Å². The van der Waals surface area contributed by atoms with E-state index in [1.165, 1.54) is 38.2 Å². The largest absolute Gasteiger partial charge is 0.494 e. The minimum atomic E-state index is -0.356. The normalized spacial score (nSPS) is 15.7. The summed E-state index contributed by atoms with van der Waals surface area (Å²) >= 11 is 0. The molecule has 0 spiro atoms. The van der Waals surface area contributed by atoms with Crippen LogP contribution in [0.2, 0.25) is 0 Å². The molecule has 0 radical (unpaired) electrons. The predicted octanol–water partition coefficient (Wildman–Crippen LogP) is 4.38. The molecule has 0 atom stereocenters. The molecule has 1 aliphatic rings. The van der Waals surface area contributed by atoms with Crippen LogP contribution in [0.1, 0.15) is 45.4 Å². The fourth-order valence-corrected chi connectivity index (χ4v) is 2.96. The molecule has 0 bridgehead atoms. The molecule has 1 saturated carbocycles. The molecule has 0 heterocycles. The average molecular weight is 292 g/mol. The molecule has 1 aromatic carbocycles. The standard InChI is InChI=1S/C16H24N2O3/c1-2-21-14-8-9-15(16(12-14)18(19)20)17-11-10-13-6-4-3-5-7-13/h8-9,12-13,17H,2-7,10-11H2,1H3. The van der Waals surface area contributed by atoms with Crippen LogP contribution in [0.15, 0.2) is 18.2 Å². The van der Waals surface area contributed by atoms with Gasteiger partial charge in [0.25, 0.3) is 5.69 Å². The van der Waals surface area contributed by atoms with E-state index in [4.69, 9.17) is 4.74 Å². The van der Waals surface area contributed by atoms with Crippen LogP contribution in [0.4, 0.5) is 11.4 Å². The van der Waals surface area contributed by atoms with Gasteiger partial charge in [-0.15, -0.1) is 0 Å². The van der Waals surface area contributed by atoms with E-state index < -0.39 is 0 Å². The van der Waals surface area contributed by atoms with Crippen molar-refractivity contribution in [3.8, 4) is 5.75 Å². The monoisotopic (exact) mass is 292 g/mol. The molecule has 0 unspecified atom stereocenters. The highest BCUT2D eigenvalue weighted by Gasteiger charge is 2.16. The quantitative estimate of drug-likeness (QED) is 0.598. The Labute approximate surface area is 125 Å². The van der Waals surface area contributed by atoms with Crippen LogP contribution >= 0.6 is 0 Å². The summed E-state index contributed by atoms with van der Waals surface area (Å²) in [6.07, 6.45) is 7.69. The lowest BCUT2D eigenvalue weighted by Crippen LogP contribution is -2.12. The molecule has 116 valence electrons. The molecule has 0 amide bonds. The van der Waals surface area contributed by atoms with Crippen molar-refractivity contribution in [2.45, 2.75) is 45.4 Å². The number of hydrogen-bond acceptors (Lipinski definition) is 4. The maximum absolute atomic E-state index is 11.2. The van der Waals surface area contributed by atoms with Gasteiger partial charge in [-0.3, -0.25) is 10.1 Å². The maximum atomic E-state index is 11.2. The summed E-state index contributed by atoms with van der Waals surface area (Å²) in [7, 11) is 0. The molecule has 1 aromatic rings. The highest BCUT2D eigenvalue weighted by molar-refractivity contribution is 5.63. The van der Waals surface area contributed by atoms with Gasteiger partial charge in [-0.1, -0.05) is 32.1 Å². The summed E-state index contributed by atoms with van der Waals surface area (Å²) < 4.78 is 5.32. The summed E-state index contributed by atoms with van der Waals surface area (Å²) in [6, 6.07) is 5.01. The van der Waals surface area contributed by atoms with E-state index in [9.17, 15) is 10.1 Å². The van der Waals surface area contributed by atoms with Gasteiger partial charge in [0.1, 0.15) is 11.4 Å². The van der Waals surface area contributed by atoms with Gasteiger partial charge in [0.2, 0.25) is 0 Å². The third-order valence-corrected chi connectivity index (χ3v) is 4.07. The van der Waals surface area contributed by atoms with E-state index >= 15 is 0 Å². The van der Waals surface area contributed by atoms with Crippen LogP contribution in [0, 0.1) is 16.0 Å². The summed E-state index contributed by atoms with van der Waals surface area (Å²) in [5, 5.41) is 14.4. The van der Waals surface area contributed by atoms with Crippen LogP contribution in [0.5, 0.6) is 5.75 Å². The molecule has 5 heteroatoms. The number of hydrogen-bond donors (Lipinski definition) is 1. The molecular weight excluding hydrogens is 268 g/mol. The molecule has 21 heavy (non-hydrogen) atoms. The Morgan fingerprint density at radius 2 is 2.10 bits per heavy atom. The number of nitro benzene ring substituents is 1. The fourth-order valence-electron chi connectivity index (χ4n) is 2.96. The Hall–Kier alpha value is -1.78. The highest BCUT2D eigenvalue weighted by atomic mass is 16.6. The Morgan fingerprint density at radius 1 is 1.33 bits per heavy atom. The van der Waals surface area contributed by atoms with Crippen molar-refractivity contribution in [1.29, 1.82) is 0 Å². The Balaban J connectivity index is 1.93. The molecule has 0 aromatic heterocycles. The van der Waals surface area contributed by atoms with E-state index in [-0.39, 0.29) is 10.6 Å². The van der Waals surface area contributed by atoms with Gasteiger partial charge in [0, 0.05) is 6.54 Å². The molecule has 0 saturated heterocycles. The zero-order chi connectivity index (χ0) is 15.1. The SMILES string of the molecule is CCOc1ccc(NCCC2CCCCC2)c([N+](=O)[O-])c1. The van der Waals surface area contributed by atoms with Crippen LogP contribution in [0.3, 0.4) is 0 Å². The van der Waals surface area contributed by atoms with Gasteiger partial charge in [-0.2, -0.15) is 0 Å². The fraction of sp³-hybridized carbons (Fsp3) is 0.625. The number of benzene rings is 1. The number of nitro groups is 1.